The van der Waals surface area contributed by atoms with Crippen LogP contribution in [0.3, 0.4) is 0 Å². The lowest BCUT2D eigenvalue weighted by atomic mass is 9.92. The first-order valence-corrected chi connectivity index (χ1v) is 10.8. The van der Waals surface area contributed by atoms with Crippen molar-refractivity contribution >= 4 is 5.97 Å². The van der Waals surface area contributed by atoms with E-state index in [4.69, 9.17) is 0 Å². The Morgan fingerprint density at radius 2 is 1.44 bits per heavy atom. The number of carboxylic acids is 1. The summed E-state index contributed by atoms with van der Waals surface area (Å²) in [5.74, 6) is -1.38. The summed E-state index contributed by atoms with van der Waals surface area (Å²) in [6.07, 6.45) is 19.9. The fourth-order valence-electron chi connectivity index (χ4n) is 3.44. The summed E-state index contributed by atoms with van der Waals surface area (Å²) < 4.78 is 0. The van der Waals surface area contributed by atoms with Gasteiger partial charge in [-0.3, -0.25) is 4.79 Å². The summed E-state index contributed by atoms with van der Waals surface area (Å²) in [4.78, 5) is 11.5. The molecule has 1 aromatic rings. The summed E-state index contributed by atoms with van der Waals surface area (Å²) in [6.45, 7) is 2.25. The predicted octanol–water partition coefficient (Wildman–Crippen LogP) is 7.21. The standard InChI is InChI=1S/C24H38O3/c1-2-3-4-5-6-7-8-9-10-11-12-13-14-15-19-22(24(26)27)21-18-16-17-20-23(21)25/h9-10,16-18,20,22,25H,2-8,11-15,19H2,1H3,(H,26,27)/b10-9-. The van der Waals surface area contributed by atoms with Crippen LogP contribution in [0.1, 0.15) is 102 Å². The van der Waals surface area contributed by atoms with Gasteiger partial charge in [0.2, 0.25) is 0 Å². The first kappa shape index (κ1) is 23.3. The Hall–Kier alpha value is -1.77. The van der Waals surface area contributed by atoms with E-state index in [9.17, 15) is 15.0 Å². The van der Waals surface area contributed by atoms with Gasteiger partial charge in [-0.15, -0.1) is 0 Å². The quantitative estimate of drug-likeness (QED) is 0.237. The number of hydrogen-bond acceptors (Lipinski definition) is 2. The maximum Gasteiger partial charge on any atom is 0.311 e. The fraction of sp³-hybridized carbons (Fsp3) is 0.625. The molecule has 0 aliphatic rings. The number of para-hydroxylation sites is 1. The largest absolute Gasteiger partial charge is 0.508 e. The number of aromatic hydroxyl groups is 1. The second kappa shape index (κ2) is 15.3. The van der Waals surface area contributed by atoms with Crippen LogP contribution in [0.5, 0.6) is 5.75 Å². The number of benzene rings is 1. The average molecular weight is 375 g/mol. The molecule has 0 fully saturated rings. The van der Waals surface area contributed by atoms with Crippen molar-refractivity contribution in [2.24, 2.45) is 0 Å². The third-order valence-corrected chi connectivity index (χ3v) is 5.11. The first-order valence-electron chi connectivity index (χ1n) is 10.8. The van der Waals surface area contributed by atoms with Crippen LogP contribution in [0.25, 0.3) is 0 Å². The third kappa shape index (κ3) is 10.8. The number of allylic oxidation sites excluding steroid dienone is 2. The van der Waals surface area contributed by atoms with E-state index in [0.29, 0.717) is 12.0 Å². The Labute approximate surface area is 165 Å². The van der Waals surface area contributed by atoms with Crippen molar-refractivity contribution in [1.29, 1.82) is 0 Å². The van der Waals surface area contributed by atoms with Crippen molar-refractivity contribution in [2.45, 2.75) is 96.3 Å². The fourth-order valence-corrected chi connectivity index (χ4v) is 3.44. The van der Waals surface area contributed by atoms with Crippen molar-refractivity contribution in [3.05, 3.63) is 42.0 Å². The molecule has 1 unspecified atom stereocenters. The first-order chi connectivity index (χ1) is 13.2. The summed E-state index contributed by atoms with van der Waals surface area (Å²) in [7, 11) is 0. The highest BCUT2D eigenvalue weighted by Gasteiger charge is 2.21. The van der Waals surface area contributed by atoms with Crippen molar-refractivity contribution < 1.29 is 15.0 Å². The lowest BCUT2D eigenvalue weighted by molar-refractivity contribution is -0.139. The summed E-state index contributed by atoms with van der Waals surface area (Å²) >= 11 is 0. The molecule has 3 nitrogen and oxygen atoms in total. The minimum atomic E-state index is -0.853. The van der Waals surface area contributed by atoms with E-state index in [-0.39, 0.29) is 5.75 Å². The van der Waals surface area contributed by atoms with Gasteiger partial charge in [0.15, 0.2) is 0 Å². The molecule has 0 aliphatic heterocycles. The molecule has 1 atom stereocenters. The van der Waals surface area contributed by atoms with E-state index in [1.54, 1.807) is 24.3 Å². The highest BCUT2D eigenvalue weighted by atomic mass is 16.4. The lowest BCUT2D eigenvalue weighted by Gasteiger charge is -2.14. The molecular formula is C24H38O3. The maximum atomic E-state index is 11.5. The molecule has 0 saturated carbocycles. The highest BCUT2D eigenvalue weighted by molar-refractivity contribution is 5.77. The summed E-state index contributed by atoms with van der Waals surface area (Å²) in [6, 6.07) is 6.77. The van der Waals surface area contributed by atoms with Crippen LogP contribution < -0.4 is 0 Å². The van der Waals surface area contributed by atoms with Gasteiger partial charge in [0.25, 0.3) is 0 Å². The Morgan fingerprint density at radius 3 is 2.04 bits per heavy atom. The molecule has 0 aromatic heterocycles. The minimum absolute atomic E-state index is 0.0837. The van der Waals surface area contributed by atoms with Gasteiger partial charge in [0.05, 0.1) is 5.92 Å². The molecule has 27 heavy (non-hydrogen) atoms. The Kier molecular flexibility index (Phi) is 13.2. The number of hydrogen-bond donors (Lipinski definition) is 2. The summed E-state index contributed by atoms with van der Waals surface area (Å²) in [5, 5.41) is 19.3. The number of phenols is 1. The van der Waals surface area contributed by atoms with E-state index < -0.39 is 11.9 Å². The van der Waals surface area contributed by atoms with Crippen LogP contribution in [0.2, 0.25) is 0 Å². The number of unbranched alkanes of at least 4 members (excludes halogenated alkanes) is 10. The molecule has 0 heterocycles. The van der Waals surface area contributed by atoms with Crippen LogP contribution >= 0.6 is 0 Å². The molecule has 0 saturated heterocycles. The topological polar surface area (TPSA) is 57.5 Å². The Bertz CT molecular complexity index is 536. The molecule has 0 aliphatic carbocycles. The Balaban J connectivity index is 2.06. The normalized spacial score (nSPS) is 12.5. The maximum absolute atomic E-state index is 11.5. The van der Waals surface area contributed by atoms with Crippen LogP contribution in [0.15, 0.2) is 36.4 Å². The third-order valence-electron chi connectivity index (χ3n) is 5.11. The average Bonchev–Trinajstić information content (AvgIpc) is 2.65. The lowest BCUT2D eigenvalue weighted by Crippen LogP contribution is -2.11. The van der Waals surface area contributed by atoms with Gasteiger partial charge >= 0.3 is 5.97 Å². The van der Waals surface area contributed by atoms with Crippen molar-refractivity contribution in [3.63, 3.8) is 0 Å². The predicted molar refractivity (Wildman–Crippen MR) is 113 cm³/mol. The monoisotopic (exact) mass is 374 g/mol. The van der Waals surface area contributed by atoms with Crippen molar-refractivity contribution in [2.75, 3.05) is 0 Å². The van der Waals surface area contributed by atoms with Crippen LogP contribution in [-0.4, -0.2) is 16.2 Å². The van der Waals surface area contributed by atoms with Gasteiger partial charge in [-0.2, -0.15) is 0 Å². The zero-order valence-electron chi connectivity index (χ0n) is 17.0. The van der Waals surface area contributed by atoms with Crippen LogP contribution in [-0.2, 0) is 4.79 Å². The molecule has 0 amide bonds. The number of carboxylic acid groups (broad SMARTS) is 1. The van der Waals surface area contributed by atoms with Gasteiger partial charge in [0.1, 0.15) is 5.75 Å². The second-order valence-electron chi connectivity index (χ2n) is 7.47. The van der Waals surface area contributed by atoms with Gasteiger partial charge in [-0.1, -0.05) is 88.6 Å². The molecule has 152 valence electrons. The molecule has 1 aromatic carbocycles. The van der Waals surface area contributed by atoms with Crippen LogP contribution in [0, 0.1) is 0 Å². The zero-order valence-corrected chi connectivity index (χ0v) is 17.0. The zero-order chi connectivity index (χ0) is 19.7. The minimum Gasteiger partial charge on any atom is -0.508 e. The van der Waals surface area contributed by atoms with Gasteiger partial charge in [0, 0.05) is 5.56 Å². The van der Waals surface area contributed by atoms with E-state index in [1.807, 2.05) is 0 Å². The van der Waals surface area contributed by atoms with Gasteiger partial charge < -0.3 is 10.2 Å². The molecule has 0 radical (unpaired) electrons. The number of rotatable bonds is 16. The number of phenolic OH excluding ortho intramolecular Hbond substituents is 1. The van der Waals surface area contributed by atoms with E-state index in [0.717, 1.165) is 25.7 Å². The molecule has 1 rings (SSSR count). The number of carbonyl (C=O) groups is 1. The molecule has 3 heteroatoms. The van der Waals surface area contributed by atoms with Crippen LogP contribution in [0.4, 0.5) is 0 Å². The van der Waals surface area contributed by atoms with E-state index in [2.05, 4.69) is 19.1 Å². The SMILES string of the molecule is CCCCCCCC/C=C\CCCCCCC(C(=O)O)c1ccccc1O. The van der Waals surface area contributed by atoms with Gasteiger partial charge in [-0.05, 0) is 38.2 Å². The van der Waals surface area contributed by atoms with Crippen molar-refractivity contribution in [3.8, 4) is 5.75 Å². The van der Waals surface area contributed by atoms with E-state index >= 15 is 0 Å². The molecule has 2 N–H and O–H groups in total. The summed E-state index contributed by atoms with van der Waals surface area (Å²) in [5.41, 5.74) is 0.530. The smallest absolute Gasteiger partial charge is 0.311 e. The van der Waals surface area contributed by atoms with E-state index in [1.165, 1.54) is 51.4 Å². The molecule has 0 bridgehead atoms. The Morgan fingerprint density at radius 1 is 0.889 bits per heavy atom. The molecule has 0 spiro atoms. The second-order valence-corrected chi connectivity index (χ2v) is 7.47. The number of aliphatic carboxylic acids is 1. The molecular weight excluding hydrogens is 336 g/mol. The van der Waals surface area contributed by atoms with Gasteiger partial charge in [-0.25, -0.2) is 0 Å². The highest BCUT2D eigenvalue weighted by Crippen LogP contribution is 2.30. The van der Waals surface area contributed by atoms with Crippen molar-refractivity contribution in [1.82, 2.24) is 0 Å².